The van der Waals surface area contributed by atoms with Gasteiger partial charge in [-0.15, -0.1) is 0 Å². The van der Waals surface area contributed by atoms with E-state index in [0.29, 0.717) is 5.11 Å². The standard InChI is InChI=1S/C32H27BrN4OS/c1-21-19-28(22(2)36(21)25-10-8-9-23(33)20-25)31-30(29-13-6-7-18-34-29)35-32(39)37(31)24-14-16-27(17-15-24)38-26-11-4-3-5-12-26/h3-20,30-31H,1-2H3,(H,35,39)/t30-,31+/m0/s1. The van der Waals surface area contributed by atoms with Crippen molar-refractivity contribution in [2.75, 3.05) is 4.90 Å². The number of nitrogens with one attached hydrogen (secondary N) is 1. The molecule has 0 amide bonds. The predicted octanol–water partition coefficient (Wildman–Crippen LogP) is 8.22. The van der Waals surface area contributed by atoms with Gasteiger partial charge in [0.15, 0.2) is 5.11 Å². The Morgan fingerprint density at radius 2 is 1.56 bits per heavy atom. The summed E-state index contributed by atoms with van der Waals surface area (Å²) in [6.45, 7) is 4.32. The van der Waals surface area contributed by atoms with Gasteiger partial charge in [-0.3, -0.25) is 4.98 Å². The van der Waals surface area contributed by atoms with Gasteiger partial charge in [-0.2, -0.15) is 0 Å². The molecule has 5 aromatic rings. The SMILES string of the molecule is Cc1cc([C@@H]2[C@H](c3ccccn3)NC(=S)N2c2ccc(Oc3ccccc3)cc2)c(C)n1-c1cccc(Br)c1. The van der Waals surface area contributed by atoms with Gasteiger partial charge in [-0.05, 0) is 104 Å². The summed E-state index contributed by atoms with van der Waals surface area (Å²) in [5.41, 5.74) is 6.57. The highest BCUT2D eigenvalue weighted by molar-refractivity contribution is 9.10. The van der Waals surface area contributed by atoms with Crippen LogP contribution in [-0.2, 0) is 0 Å². The summed E-state index contributed by atoms with van der Waals surface area (Å²) in [6, 6.07) is 34.3. The molecule has 0 radical (unpaired) electrons. The van der Waals surface area contributed by atoms with Crippen molar-refractivity contribution < 1.29 is 4.74 Å². The van der Waals surface area contributed by atoms with Crippen molar-refractivity contribution in [1.82, 2.24) is 14.9 Å². The highest BCUT2D eigenvalue weighted by atomic mass is 79.9. The van der Waals surface area contributed by atoms with Gasteiger partial charge >= 0.3 is 0 Å². The fourth-order valence-electron chi connectivity index (χ4n) is 5.35. The Labute approximate surface area is 242 Å². The Morgan fingerprint density at radius 1 is 0.821 bits per heavy atom. The molecule has 2 atom stereocenters. The second-order valence-corrected chi connectivity index (χ2v) is 10.8. The number of hydrogen-bond donors (Lipinski definition) is 1. The van der Waals surface area contributed by atoms with Crippen molar-refractivity contribution in [2.24, 2.45) is 0 Å². The number of ether oxygens (including phenoxy) is 1. The summed E-state index contributed by atoms with van der Waals surface area (Å²) in [4.78, 5) is 6.91. The van der Waals surface area contributed by atoms with Crippen LogP contribution in [0.15, 0.2) is 114 Å². The quantitative estimate of drug-likeness (QED) is 0.201. The molecule has 0 bridgehead atoms. The molecule has 194 valence electrons. The van der Waals surface area contributed by atoms with Crippen LogP contribution in [0.3, 0.4) is 0 Å². The van der Waals surface area contributed by atoms with E-state index >= 15 is 0 Å². The molecule has 0 aliphatic carbocycles. The fraction of sp³-hybridized carbons (Fsp3) is 0.125. The summed E-state index contributed by atoms with van der Waals surface area (Å²) in [7, 11) is 0. The number of pyridine rings is 1. The van der Waals surface area contributed by atoms with Gasteiger partial charge in [0.05, 0.1) is 17.8 Å². The van der Waals surface area contributed by atoms with E-state index in [1.807, 2.05) is 66.9 Å². The number of anilines is 1. The van der Waals surface area contributed by atoms with Crippen LogP contribution in [0, 0.1) is 13.8 Å². The molecule has 0 unspecified atom stereocenters. The fourth-order valence-corrected chi connectivity index (χ4v) is 6.08. The number of hydrogen-bond acceptors (Lipinski definition) is 3. The van der Waals surface area contributed by atoms with Crippen LogP contribution < -0.4 is 15.0 Å². The zero-order valence-electron chi connectivity index (χ0n) is 21.6. The molecule has 5 nitrogen and oxygen atoms in total. The van der Waals surface area contributed by atoms with Gasteiger partial charge in [0, 0.05) is 33.4 Å². The third-order valence-corrected chi connectivity index (χ3v) is 7.86. The minimum absolute atomic E-state index is 0.0969. The van der Waals surface area contributed by atoms with E-state index in [-0.39, 0.29) is 12.1 Å². The van der Waals surface area contributed by atoms with Gasteiger partial charge in [0.25, 0.3) is 0 Å². The zero-order valence-corrected chi connectivity index (χ0v) is 24.0. The van der Waals surface area contributed by atoms with Crippen LogP contribution in [0.4, 0.5) is 5.69 Å². The van der Waals surface area contributed by atoms with Crippen molar-refractivity contribution in [1.29, 1.82) is 0 Å². The molecule has 0 spiro atoms. The van der Waals surface area contributed by atoms with Crippen molar-refractivity contribution in [3.8, 4) is 17.2 Å². The van der Waals surface area contributed by atoms with Gasteiger partial charge in [-0.1, -0.05) is 46.3 Å². The first-order valence-electron chi connectivity index (χ1n) is 12.8. The molecule has 1 aliphatic heterocycles. The van der Waals surface area contributed by atoms with E-state index in [4.69, 9.17) is 21.9 Å². The maximum atomic E-state index is 6.04. The molecule has 3 aromatic carbocycles. The number of nitrogens with zero attached hydrogens (tertiary/aromatic N) is 3. The Kier molecular flexibility index (Phi) is 6.94. The van der Waals surface area contributed by atoms with Gasteiger partial charge in [-0.25, -0.2) is 0 Å². The summed E-state index contributed by atoms with van der Waals surface area (Å²) in [5, 5.41) is 4.24. The molecule has 2 aromatic heterocycles. The van der Waals surface area contributed by atoms with Crippen LogP contribution in [0.1, 0.15) is 34.7 Å². The van der Waals surface area contributed by atoms with Crippen molar-refractivity contribution >= 4 is 38.9 Å². The normalized spacial score (nSPS) is 16.8. The van der Waals surface area contributed by atoms with E-state index in [1.54, 1.807) is 0 Å². The Hall–Kier alpha value is -3.94. The molecule has 0 saturated carbocycles. The first kappa shape index (κ1) is 25.3. The van der Waals surface area contributed by atoms with E-state index < -0.39 is 0 Å². The topological polar surface area (TPSA) is 42.3 Å². The Balaban J connectivity index is 1.42. The summed E-state index contributed by atoms with van der Waals surface area (Å²) in [6.07, 6.45) is 1.83. The van der Waals surface area contributed by atoms with Gasteiger partial charge < -0.3 is 19.5 Å². The lowest BCUT2D eigenvalue weighted by Gasteiger charge is -2.28. The van der Waals surface area contributed by atoms with E-state index in [1.165, 1.54) is 5.56 Å². The van der Waals surface area contributed by atoms with Crippen LogP contribution in [-0.4, -0.2) is 14.7 Å². The molecular formula is C32H27BrN4OS. The third kappa shape index (κ3) is 4.95. The van der Waals surface area contributed by atoms with Crippen LogP contribution in [0.5, 0.6) is 11.5 Å². The van der Waals surface area contributed by atoms with E-state index in [0.717, 1.165) is 44.4 Å². The average molecular weight is 596 g/mol. The first-order valence-corrected chi connectivity index (χ1v) is 14.0. The highest BCUT2D eigenvalue weighted by Crippen LogP contribution is 2.44. The van der Waals surface area contributed by atoms with Crippen molar-refractivity contribution in [2.45, 2.75) is 25.9 Å². The lowest BCUT2D eigenvalue weighted by atomic mass is 9.96. The Bertz CT molecular complexity index is 1620. The van der Waals surface area contributed by atoms with Crippen molar-refractivity contribution in [3.63, 3.8) is 0 Å². The molecule has 1 fully saturated rings. The van der Waals surface area contributed by atoms with Crippen LogP contribution >= 0.6 is 28.1 Å². The molecule has 1 aliphatic rings. The number of thiocarbonyl (C=S) groups is 1. The number of para-hydroxylation sites is 1. The summed E-state index contributed by atoms with van der Waals surface area (Å²) in [5.74, 6) is 1.57. The van der Waals surface area contributed by atoms with Gasteiger partial charge in [0.2, 0.25) is 0 Å². The molecule has 3 heterocycles. The first-order chi connectivity index (χ1) is 19.0. The molecule has 7 heteroatoms. The maximum Gasteiger partial charge on any atom is 0.174 e. The molecule has 1 N–H and O–H groups in total. The summed E-state index contributed by atoms with van der Waals surface area (Å²) < 4.78 is 9.38. The lowest BCUT2D eigenvalue weighted by Crippen LogP contribution is -2.29. The van der Waals surface area contributed by atoms with Crippen molar-refractivity contribution in [3.05, 3.63) is 136 Å². The second kappa shape index (κ2) is 10.7. The predicted molar refractivity (Wildman–Crippen MR) is 164 cm³/mol. The second-order valence-electron chi connectivity index (χ2n) is 9.55. The van der Waals surface area contributed by atoms with Crippen LogP contribution in [0.25, 0.3) is 5.69 Å². The molecule has 39 heavy (non-hydrogen) atoms. The molecular weight excluding hydrogens is 568 g/mol. The summed E-state index contributed by atoms with van der Waals surface area (Å²) >= 11 is 9.58. The minimum Gasteiger partial charge on any atom is -0.457 e. The smallest absolute Gasteiger partial charge is 0.174 e. The maximum absolute atomic E-state index is 6.04. The number of benzene rings is 3. The zero-order chi connectivity index (χ0) is 26.9. The molecule has 6 rings (SSSR count). The lowest BCUT2D eigenvalue weighted by molar-refractivity contribution is 0.482. The highest BCUT2D eigenvalue weighted by Gasteiger charge is 2.42. The number of rotatable bonds is 6. The number of aromatic nitrogens is 2. The van der Waals surface area contributed by atoms with Gasteiger partial charge in [0.1, 0.15) is 11.5 Å². The van der Waals surface area contributed by atoms with Crippen LogP contribution in [0.2, 0.25) is 0 Å². The van der Waals surface area contributed by atoms with E-state index in [2.05, 4.69) is 87.0 Å². The Morgan fingerprint density at radius 3 is 2.28 bits per heavy atom. The number of halogens is 1. The third-order valence-electron chi connectivity index (χ3n) is 7.05. The monoisotopic (exact) mass is 594 g/mol. The number of aryl methyl sites for hydroxylation is 1. The molecule has 1 saturated heterocycles. The largest absolute Gasteiger partial charge is 0.457 e. The minimum atomic E-state index is -0.115. The average Bonchev–Trinajstić information content (AvgIpc) is 3.45. The van der Waals surface area contributed by atoms with E-state index in [9.17, 15) is 0 Å².